The molecule has 1 aromatic carbocycles. The minimum atomic E-state index is -0.300. The lowest BCUT2D eigenvalue weighted by Crippen LogP contribution is -2.04. The molecule has 1 aromatic rings. The van der Waals surface area contributed by atoms with Crippen LogP contribution in [-0.4, -0.2) is 13.7 Å². The minimum Gasteiger partial charge on any atom is -0.374 e. The van der Waals surface area contributed by atoms with Crippen LogP contribution >= 0.6 is 0 Å². The molecule has 12 heavy (non-hydrogen) atoms. The molecule has 1 radical (unpaired) electrons. The van der Waals surface area contributed by atoms with Crippen molar-refractivity contribution in [1.82, 2.24) is 0 Å². The van der Waals surface area contributed by atoms with Gasteiger partial charge in [0.05, 0.1) is 0 Å². The molecule has 0 amide bonds. The monoisotopic (exact) mass is 165 g/mol. The number of rotatable bonds is 3. The van der Waals surface area contributed by atoms with Crippen molar-refractivity contribution >= 4 is 0 Å². The summed E-state index contributed by atoms with van der Waals surface area (Å²) in [6.07, 6.45) is -0.300. The van der Waals surface area contributed by atoms with Crippen LogP contribution in [-0.2, 0) is 9.84 Å². The van der Waals surface area contributed by atoms with Crippen LogP contribution in [0.2, 0.25) is 0 Å². The summed E-state index contributed by atoms with van der Waals surface area (Å²) in [4.78, 5) is 0. The summed E-state index contributed by atoms with van der Waals surface area (Å²) in [6, 6.07) is 7.83. The standard InChI is InChI=1S/C10H13O2/c1-8-3-5-9(6-4-8)10(7-11)12-2/h3-6,10H,7H2,1-2H3. The molecule has 0 spiro atoms. The second-order valence-electron chi connectivity index (χ2n) is 2.80. The molecule has 1 atom stereocenters. The van der Waals surface area contributed by atoms with Crippen molar-refractivity contribution < 1.29 is 9.84 Å². The van der Waals surface area contributed by atoms with Crippen molar-refractivity contribution in [1.29, 1.82) is 0 Å². The molecule has 0 saturated carbocycles. The van der Waals surface area contributed by atoms with Crippen molar-refractivity contribution in [3.05, 3.63) is 35.4 Å². The molecule has 0 fully saturated rings. The number of hydrogen-bond donors (Lipinski definition) is 0. The second kappa shape index (κ2) is 4.24. The topological polar surface area (TPSA) is 29.1 Å². The van der Waals surface area contributed by atoms with E-state index in [0.29, 0.717) is 0 Å². The Kier molecular flexibility index (Phi) is 3.26. The molecule has 0 aliphatic heterocycles. The highest BCUT2D eigenvalue weighted by molar-refractivity contribution is 5.23. The predicted octanol–water partition coefficient (Wildman–Crippen LogP) is 2.11. The lowest BCUT2D eigenvalue weighted by molar-refractivity contribution is 0.0194. The van der Waals surface area contributed by atoms with Gasteiger partial charge < -0.3 is 4.74 Å². The molecular formula is C10H13O2. The van der Waals surface area contributed by atoms with Gasteiger partial charge in [-0.15, -0.1) is 0 Å². The first kappa shape index (κ1) is 9.23. The number of benzene rings is 1. The van der Waals surface area contributed by atoms with Gasteiger partial charge in [-0.1, -0.05) is 29.8 Å². The zero-order valence-electron chi connectivity index (χ0n) is 7.41. The summed E-state index contributed by atoms with van der Waals surface area (Å²) < 4.78 is 5.01. The smallest absolute Gasteiger partial charge is 0.113 e. The van der Waals surface area contributed by atoms with Crippen LogP contribution in [0.5, 0.6) is 0 Å². The number of hydrogen-bond acceptors (Lipinski definition) is 1. The van der Waals surface area contributed by atoms with Crippen LogP contribution in [0.15, 0.2) is 24.3 Å². The molecule has 1 unspecified atom stereocenters. The third-order valence-electron chi connectivity index (χ3n) is 1.89. The van der Waals surface area contributed by atoms with E-state index in [9.17, 15) is 5.11 Å². The Bertz CT molecular complexity index is 224. The van der Waals surface area contributed by atoms with Crippen LogP contribution < -0.4 is 0 Å². The average Bonchev–Trinajstić information content (AvgIpc) is 2.10. The summed E-state index contributed by atoms with van der Waals surface area (Å²) in [6.45, 7) is 1.79. The molecule has 1 rings (SSSR count). The third kappa shape index (κ3) is 2.06. The maximum absolute atomic E-state index is 10.6. The number of methoxy groups -OCH3 is 1. The first-order valence-electron chi connectivity index (χ1n) is 3.95. The highest BCUT2D eigenvalue weighted by Gasteiger charge is 2.08. The van der Waals surface area contributed by atoms with Crippen LogP contribution in [0, 0.1) is 6.92 Å². The molecule has 0 N–H and O–H groups in total. The van der Waals surface area contributed by atoms with E-state index in [2.05, 4.69) is 0 Å². The fourth-order valence-corrected chi connectivity index (χ4v) is 1.08. The minimum absolute atomic E-state index is 0.223. The van der Waals surface area contributed by atoms with E-state index in [1.165, 1.54) is 5.56 Å². The highest BCUT2D eigenvalue weighted by Crippen LogP contribution is 2.15. The van der Waals surface area contributed by atoms with E-state index in [-0.39, 0.29) is 12.7 Å². The van der Waals surface area contributed by atoms with E-state index in [1.807, 2.05) is 31.2 Å². The SMILES string of the molecule is COC(C[O])c1ccc(C)cc1. The van der Waals surface area contributed by atoms with Crippen LogP contribution in [0.4, 0.5) is 0 Å². The van der Waals surface area contributed by atoms with Gasteiger partial charge in [0.15, 0.2) is 0 Å². The van der Waals surface area contributed by atoms with Gasteiger partial charge in [-0.25, -0.2) is 5.11 Å². The maximum Gasteiger partial charge on any atom is 0.113 e. The Morgan fingerprint density at radius 1 is 1.33 bits per heavy atom. The lowest BCUT2D eigenvalue weighted by atomic mass is 10.1. The quantitative estimate of drug-likeness (QED) is 0.674. The average molecular weight is 165 g/mol. The molecule has 2 heteroatoms. The van der Waals surface area contributed by atoms with Crippen LogP contribution in [0.1, 0.15) is 17.2 Å². The van der Waals surface area contributed by atoms with E-state index in [4.69, 9.17) is 4.74 Å². The molecule has 0 aliphatic rings. The Balaban J connectivity index is 2.80. The van der Waals surface area contributed by atoms with Crippen molar-refractivity contribution in [2.24, 2.45) is 0 Å². The summed E-state index contributed by atoms with van der Waals surface area (Å²) in [5, 5.41) is 10.6. The summed E-state index contributed by atoms with van der Waals surface area (Å²) >= 11 is 0. The molecule has 0 bridgehead atoms. The van der Waals surface area contributed by atoms with E-state index < -0.39 is 0 Å². The van der Waals surface area contributed by atoms with E-state index in [1.54, 1.807) is 7.11 Å². The van der Waals surface area contributed by atoms with Crippen molar-refractivity contribution in [3.8, 4) is 0 Å². The molecule has 2 nitrogen and oxygen atoms in total. The molecule has 0 aromatic heterocycles. The van der Waals surface area contributed by atoms with Crippen molar-refractivity contribution in [2.75, 3.05) is 13.7 Å². The first-order chi connectivity index (χ1) is 5.77. The largest absolute Gasteiger partial charge is 0.374 e. The molecule has 65 valence electrons. The molecular weight excluding hydrogens is 152 g/mol. The maximum atomic E-state index is 10.6. The lowest BCUT2D eigenvalue weighted by Gasteiger charge is -2.11. The van der Waals surface area contributed by atoms with Gasteiger partial charge in [-0.2, -0.15) is 0 Å². The highest BCUT2D eigenvalue weighted by atomic mass is 16.5. The number of ether oxygens (including phenoxy) is 1. The van der Waals surface area contributed by atoms with Gasteiger partial charge in [0, 0.05) is 7.11 Å². The van der Waals surface area contributed by atoms with Gasteiger partial charge in [-0.05, 0) is 12.5 Å². The Morgan fingerprint density at radius 2 is 1.92 bits per heavy atom. The third-order valence-corrected chi connectivity index (χ3v) is 1.89. The van der Waals surface area contributed by atoms with Crippen molar-refractivity contribution in [2.45, 2.75) is 13.0 Å². The van der Waals surface area contributed by atoms with Crippen LogP contribution in [0.25, 0.3) is 0 Å². The van der Waals surface area contributed by atoms with Gasteiger partial charge in [0.1, 0.15) is 12.7 Å². The molecule has 0 heterocycles. The first-order valence-corrected chi connectivity index (χ1v) is 3.95. The number of aryl methyl sites for hydroxylation is 1. The van der Waals surface area contributed by atoms with Gasteiger partial charge in [0.25, 0.3) is 0 Å². The Hall–Kier alpha value is -0.860. The fraction of sp³-hybridized carbons (Fsp3) is 0.400. The zero-order valence-corrected chi connectivity index (χ0v) is 7.41. The zero-order chi connectivity index (χ0) is 8.97. The van der Waals surface area contributed by atoms with Gasteiger partial charge >= 0.3 is 0 Å². The predicted molar refractivity (Wildman–Crippen MR) is 46.5 cm³/mol. The van der Waals surface area contributed by atoms with Crippen molar-refractivity contribution in [3.63, 3.8) is 0 Å². The van der Waals surface area contributed by atoms with E-state index in [0.717, 1.165) is 5.56 Å². The summed E-state index contributed by atoms with van der Waals surface area (Å²) in [5.41, 5.74) is 2.15. The van der Waals surface area contributed by atoms with Crippen LogP contribution in [0.3, 0.4) is 0 Å². The molecule has 0 saturated heterocycles. The van der Waals surface area contributed by atoms with E-state index >= 15 is 0 Å². The fourth-order valence-electron chi connectivity index (χ4n) is 1.08. The summed E-state index contributed by atoms with van der Waals surface area (Å²) in [5.74, 6) is 0. The molecule has 0 aliphatic carbocycles. The van der Waals surface area contributed by atoms with Gasteiger partial charge in [0.2, 0.25) is 0 Å². The Labute approximate surface area is 72.8 Å². The van der Waals surface area contributed by atoms with Gasteiger partial charge in [-0.3, -0.25) is 0 Å². The summed E-state index contributed by atoms with van der Waals surface area (Å²) in [7, 11) is 1.56. The second-order valence-corrected chi connectivity index (χ2v) is 2.80. The Morgan fingerprint density at radius 3 is 2.33 bits per heavy atom. The normalized spacial score (nSPS) is 12.9.